The van der Waals surface area contributed by atoms with Crippen molar-refractivity contribution in [1.82, 2.24) is 10.6 Å². The van der Waals surface area contributed by atoms with Crippen molar-refractivity contribution in [2.75, 3.05) is 19.5 Å². The number of nitrogens with zero attached hydrogens (tertiary/aromatic N) is 1. The lowest BCUT2D eigenvalue weighted by molar-refractivity contribution is 0.187. The summed E-state index contributed by atoms with van der Waals surface area (Å²) < 4.78 is 4.57. The van der Waals surface area contributed by atoms with Crippen LogP contribution in [0.4, 0.5) is 10.5 Å². The zero-order valence-corrected chi connectivity index (χ0v) is 16.1. The third-order valence-corrected chi connectivity index (χ3v) is 3.87. The summed E-state index contributed by atoms with van der Waals surface area (Å²) in [6, 6.07) is 7.99. The maximum absolute atomic E-state index is 11.2. The maximum atomic E-state index is 11.2. The number of hydrogen-bond acceptors (Lipinski definition) is 3. The van der Waals surface area contributed by atoms with E-state index in [2.05, 4.69) is 46.5 Å². The van der Waals surface area contributed by atoms with Gasteiger partial charge in [0.25, 0.3) is 0 Å². The zero-order valence-electron chi connectivity index (χ0n) is 16.1. The first-order chi connectivity index (χ1) is 11.9. The van der Waals surface area contributed by atoms with E-state index in [0.29, 0.717) is 18.3 Å². The Hall–Kier alpha value is -2.24. The fourth-order valence-electron chi connectivity index (χ4n) is 2.39. The first-order valence-electron chi connectivity index (χ1n) is 8.85. The van der Waals surface area contributed by atoms with Gasteiger partial charge in [0.15, 0.2) is 5.96 Å². The maximum Gasteiger partial charge on any atom is 0.411 e. The molecule has 3 N–H and O–H groups in total. The van der Waals surface area contributed by atoms with Gasteiger partial charge in [0.2, 0.25) is 0 Å². The van der Waals surface area contributed by atoms with Crippen LogP contribution in [-0.2, 0) is 11.3 Å². The smallest absolute Gasteiger partial charge is 0.411 e. The molecule has 1 aromatic rings. The minimum Gasteiger partial charge on any atom is -0.453 e. The van der Waals surface area contributed by atoms with Gasteiger partial charge in [-0.2, -0.15) is 0 Å². The molecule has 6 heteroatoms. The van der Waals surface area contributed by atoms with Gasteiger partial charge in [0, 0.05) is 25.3 Å². The number of carbonyl (C=O) groups excluding carboxylic acids is 1. The van der Waals surface area contributed by atoms with Crippen LogP contribution in [-0.4, -0.2) is 32.3 Å². The molecule has 0 spiro atoms. The molecule has 140 valence electrons. The van der Waals surface area contributed by atoms with Crippen LogP contribution in [0.1, 0.15) is 45.6 Å². The lowest BCUT2D eigenvalue weighted by Gasteiger charge is -2.18. The molecular weight excluding hydrogens is 316 g/mol. The average Bonchev–Trinajstić information content (AvgIpc) is 2.59. The highest BCUT2D eigenvalue weighted by atomic mass is 16.5. The number of amides is 1. The summed E-state index contributed by atoms with van der Waals surface area (Å²) >= 11 is 0. The summed E-state index contributed by atoms with van der Waals surface area (Å²) in [5.74, 6) is 1.55. The molecule has 0 aromatic heterocycles. The van der Waals surface area contributed by atoms with Crippen LogP contribution in [0.5, 0.6) is 0 Å². The molecule has 0 saturated carbocycles. The van der Waals surface area contributed by atoms with Gasteiger partial charge in [-0.25, -0.2) is 4.79 Å². The number of guanidine groups is 1. The normalized spacial score (nSPS) is 12.6. The monoisotopic (exact) mass is 348 g/mol. The van der Waals surface area contributed by atoms with Crippen LogP contribution in [0.15, 0.2) is 29.3 Å². The first kappa shape index (κ1) is 20.8. The second-order valence-electron chi connectivity index (χ2n) is 6.61. The number of nitrogens with one attached hydrogen (secondary N) is 3. The van der Waals surface area contributed by atoms with E-state index < -0.39 is 6.09 Å². The van der Waals surface area contributed by atoms with Crippen molar-refractivity contribution < 1.29 is 9.53 Å². The minimum absolute atomic E-state index is 0.386. The molecule has 25 heavy (non-hydrogen) atoms. The van der Waals surface area contributed by atoms with E-state index in [-0.39, 0.29) is 0 Å². The number of rotatable bonds is 8. The lowest BCUT2D eigenvalue weighted by Crippen LogP contribution is -2.41. The summed E-state index contributed by atoms with van der Waals surface area (Å²) in [6.45, 7) is 7.35. The first-order valence-corrected chi connectivity index (χ1v) is 8.85. The molecule has 1 unspecified atom stereocenters. The highest BCUT2D eigenvalue weighted by molar-refractivity contribution is 5.84. The third-order valence-electron chi connectivity index (χ3n) is 3.87. The second kappa shape index (κ2) is 11.3. The third kappa shape index (κ3) is 8.98. The van der Waals surface area contributed by atoms with E-state index in [1.807, 2.05) is 24.3 Å². The van der Waals surface area contributed by atoms with Crippen LogP contribution < -0.4 is 16.0 Å². The topological polar surface area (TPSA) is 74.8 Å². The van der Waals surface area contributed by atoms with Crippen LogP contribution >= 0.6 is 0 Å². The largest absolute Gasteiger partial charge is 0.453 e. The average molecular weight is 348 g/mol. The Kier molecular flexibility index (Phi) is 9.43. The Morgan fingerprint density at radius 3 is 2.40 bits per heavy atom. The molecule has 0 fully saturated rings. The molecule has 0 radical (unpaired) electrons. The van der Waals surface area contributed by atoms with Crippen molar-refractivity contribution in [3.63, 3.8) is 0 Å². The van der Waals surface area contributed by atoms with Crippen molar-refractivity contribution >= 4 is 17.7 Å². The van der Waals surface area contributed by atoms with Crippen molar-refractivity contribution in [2.45, 2.75) is 52.6 Å². The lowest BCUT2D eigenvalue weighted by atomic mass is 10.0. The molecule has 1 rings (SSSR count). The Morgan fingerprint density at radius 2 is 1.84 bits per heavy atom. The molecule has 0 aliphatic heterocycles. The molecule has 1 aromatic carbocycles. The molecule has 0 heterocycles. The molecule has 0 bridgehead atoms. The summed E-state index contributed by atoms with van der Waals surface area (Å²) in [6.07, 6.45) is 3.13. The SMILES string of the molecule is CN=C(NCc1ccc(NC(=O)OC)cc1)NC(C)CCCC(C)C. The minimum atomic E-state index is -0.470. The predicted molar refractivity (Wildman–Crippen MR) is 104 cm³/mol. The van der Waals surface area contributed by atoms with E-state index in [1.54, 1.807) is 7.05 Å². The van der Waals surface area contributed by atoms with Crippen LogP contribution in [0, 0.1) is 5.92 Å². The van der Waals surface area contributed by atoms with E-state index in [4.69, 9.17) is 0 Å². The molecule has 0 saturated heterocycles. The van der Waals surface area contributed by atoms with Crippen molar-refractivity contribution in [1.29, 1.82) is 0 Å². The number of ether oxygens (including phenoxy) is 1. The quantitative estimate of drug-likeness (QED) is 0.494. The standard InChI is InChI=1S/C19H32N4O2/c1-14(2)7-6-8-15(3)22-18(20-4)21-13-16-9-11-17(12-10-16)23-19(24)25-5/h9-12,14-15H,6-8,13H2,1-5H3,(H,23,24)(H2,20,21,22). The zero-order chi connectivity index (χ0) is 18.7. The summed E-state index contributed by atoms with van der Waals surface area (Å²) in [5, 5.41) is 9.37. The number of anilines is 1. The highest BCUT2D eigenvalue weighted by Gasteiger charge is 2.06. The van der Waals surface area contributed by atoms with E-state index in [9.17, 15) is 4.79 Å². The van der Waals surface area contributed by atoms with Crippen molar-refractivity contribution in [2.24, 2.45) is 10.9 Å². The van der Waals surface area contributed by atoms with Gasteiger partial charge in [0.1, 0.15) is 0 Å². The number of benzene rings is 1. The molecule has 1 atom stereocenters. The number of aliphatic imine (C=N–C) groups is 1. The van der Waals surface area contributed by atoms with Crippen LogP contribution in [0.3, 0.4) is 0 Å². The Morgan fingerprint density at radius 1 is 1.16 bits per heavy atom. The number of hydrogen-bond donors (Lipinski definition) is 3. The van der Waals surface area contributed by atoms with E-state index >= 15 is 0 Å². The van der Waals surface area contributed by atoms with Gasteiger partial charge in [-0.1, -0.05) is 38.8 Å². The predicted octanol–water partition coefficient (Wildman–Crippen LogP) is 3.74. The highest BCUT2D eigenvalue weighted by Crippen LogP contribution is 2.10. The van der Waals surface area contributed by atoms with Gasteiger partial charge < -0.3 is 15.4 Å². The van der Waals surface area contributed by atoms with E-state index in [1.165, 1.54) is 20.0 Å². The van der Waals surface area contributed by atoms with Gasteiger partial charge in [-0.15, -0.1) is 0 Å². The van der Waals surface area contributed by atoms with Crippen molar-refractivity contribution in [3.05, 3.63) is 29.8 Å². The summed E-state index contributed by atoms with van der Waals surface area (Å²) in [5.41, 5.74) is 1.81. The Bertz CT molecular complexity index is 541. The molecule has 6 nitrogen and oxygen atoms in total. The van der Waals surface area contributed by atoms with Gasteiger partial charge >= 0.3 is 6.09 Å². The van der Waals surface area contributed by atoms with Gasteiger partial charge in [-0.3, -0.25) is 10.3 Å². The van der Waals surface area contributed by atoms with Gasteiger partial charge in [0.05, 0.1) is 7.11 Å². The fourth-order valence-corrected chi connectivity index (χ4v) is 2.39. The molecular formula is C19H32N4O2. The molecule has 1 amide bonds. The Balaban J connectivity index is 2.40. The van der Waals surface area contributed by atoms with Gasteiger partial charge in [-0.05, 0) is 37.0 Å². The van der Waals surface area contributed by atoms with Crippen LogP contribution in [0.2, 0.25) is 0 Å². The summed E-state index contributed by atoms with van der Waals surface area (Å²) in [4.78, 5) is 15.4. The number of carbonyl (C=O) groups is 1. The number of methoxy groups -OCH3 is 1. The Labute approximate surface area is 151 Å². The molecule has 0 aliphatic rings. The van der Waals surface area contributed by atoms with Crippen molar-refractivity contribution in [3.8, 4) is 0 Å². The second-order valence-corrected chi connectivity index (χ2v) is 6.61. The van der Waals surface area contributed by atoms with E-state index in [0.717, 1.165) is 23.9 Å². The fraction of sp³-hybridized carbons (Fsp3) is 0.579. The summed E-state index contributed by atoms with van der Waals surface area (Å²) in [7, 11) is 3.12. The van der Waals surface area contributed by atoms with Crippen LogP contribution in [0.25, 0.3) is 0 Å². The molecule has 0 aliphatic carbocycles.